The monoisotopic (exact) mass is 310 g/mol. The molecule has 2 rings (SSSR count). The van der Waals surface area contributed by atoms with Crippen LogP contribution in [0.15, 0.2) is 29.3 Å². The van der Waals surface area contributed by atoms with Crippen molar-refractivity contribution in [3.05, 3.63) is 29.3 Å². The average Bonchev–Trinajstić information content (AvgIpc) is 2.78. The van der Waals surface area contributed by atoms with Crippen molar-refractivity contribution in [3.63, 3.8) is 0 Å². The van der Waals surface area contributed by atoms with Crippen molar-refractivity contribution in [2.45, 2.75) is 44.3 Å². The van der Waals surface area contributed by atoms with E-state index in [4.69, 9.17) is 11.6 Å². The van der Waals surface area contributed by atoms with Crippen LogP contribution in [0.3, 0.4) is 0 Å². The number of nitrogens with one attached hydrogen (secondary N) is 1. The first-order chi connectivity index (χ1) is 9.69. The normalized spacial score (nSPS) is 20.4. The number of carbonyl (C=O) groups is 1. The van der Waals surface area contributed by atoms with Gasteiger partial charge in [0, 0.05) is 5.02 Å². The molecule has 0 saturated carbocycles. The number of nitrogens with zero attached hydrogens (tertiary/aromatic N) is 1. The van der Waals surface area contributed by atoms with Gasteiger partial charge < -0.3 is 5.32 Å². The van der Waals surface area contributed by atoms with E-state index in [2.05, 4.69) is 17.2 Å². The second-order valence-corrected chi connectivity index (χ2v) is 6.47. The third-order valence-corrected chi connectivity index (χ3v) is 4.56. The predicted molar refractivity (Wildman–Crippen MR) is 86.8 cm³/mol. The second-order valence-electron chi connectivity index (χ2n) is 4.84. The van der Waals surface area contributed by atoms with Crippen molar-refractivity contribution in [1.29, 1.82) is 0 Å². The molecule has 1 saturated heterocycles. The molecule has 1 amide bonds. The summed E-state index contributed by atoms with van der Waals surface area (Å²) in [5.74, 6) is 0.0826. The summed E-state index contributed by atoms with van der Waals surface area (Å²) >= 11 is 7.37. The highest BCUT2D eigenvalue weighted by molar-refractivity contribution is 8.15. The first-order valence-electron chi connectivity index (χ1n) is 7.01. The Kier molecular flexibility index (Phi) is 5.92. The van der Waals surface area contributed by atoms with Gasteiger partial charge in [0.1, 0.15) is 0 Å². The fraction of sp³-hybridized carbons (Fsp3) is 0.467. The van der Waals surface area contributed by atoms with Crippen molar-refractivity contribution in [3.8, 4) is 0 Å². The molecular formula is C15H19ClN2OS. The fourth-order valence-electron chi connectivity index (χ4n) is 2.04. The molecule has 0 radical (unpaired) electrons. The van der Waals surface area contributed by atoms with Gasteiger partial charge in [-0.15, -0.1) is 0 Å². The van der Waals surface area contributed by atoms with Gasteiger partial charge in [-0.3, -0.25) is 4.79 Å². The maximum Gasteiger partial charge on any atom is 0.239 e. The molecular weight excluding hydrogens is 292 g/mol. The van der Waals surface area contributed by atoms with Gasteiger partial charge in [0.25, 0.3) is 0 Å². The lowest BCUT2D eigenvalue weighted by atomic mass is 10.1. The highest BCUT2D eigenvalue weighted by Crippen LogP contribution is 2.27. The number of unbranched alkanes of at least 4 members (excludes halogenated alkanes) is 3. The zero-order valence-electron chi connectivity index (χ0n) is 11.6. The molecule has 0 aromatic heterocycles. The Morgan fingerprint density at radius 2 is 2.00 bits per heavy atom. The number of hydrogen-bond acceptors (Lipinski definition) is 3. The molecule has 20 heavy (non-hydrogen) atoms. The number of amidine groups is 1. The van der Waals surface area contributed by atoms with Crippen LogP contribution >= 0.6 is 23.4 Å². The van der Waals surface area contributed by atoms with Crippen molar-refractivity contribution in [2.24, 2.45) is 4.99 Å². The zero-order valence-corrected chi connectivity index (χ0v) is 13.1. The van der Waals surface area contributed by atoms with Gasteiger partial charge in [-0.2, -0.15) is 0 Å². The molecule has 3 nitrogen and oxygen atoms in total. The van der Waals surface area contributed by atoms with Gasteiger partial charge in [0.05, 0.1) is 10.9 Å². The molecule has 1 aromatic rings. The van der Waals surface area contributed by atoms with Crippen molar-refractivity contribution >= 4 is 40.1 Å². The number of amides is 1. The number of benzene rings is 1. The van der Waals surface area contributed by atoms with Crippen LogP contribution in [-0.4, -0.2) is 16.3 Å². The van der Waals surface area contributed by atoms with E-state index in [1.165, 1.54) is 31.0 Å². The molecule has 0 spiro atoms. The molecule has 1 aromatic carbocycles. The number of halogens is 1. The maximum atomic E-state index is 11.9. The van der Waals surface area contributed by atoms with Gasteiger partial charge >= 0.3 is 0 Å². The minimum Gasteiger partial charge on any atom is -0.304 e. The minimum atomic E-state index is 0.0120. The lowest BCUT2D eigenvalue weighted by molar-refractivity contribution is -0.118. The molecule has 1 aliphatic heterocycles. The molecule has 108 valence electrons. The molecule has 1 heterocycles. The van der Waals surface area contributed by atoms with Gasteiger partial charge in [0.2, 0.25) is 5.91 Å². The highest BCUT2D eigenvalue weighted by atomic mass is 35.5. The predicted octanol–water partition coefficient (Wildman–Crippen LogP) is 4.53. The summed E-state index contributed by atoms with van der Waals surface area (Å²) in [5.41, 5.74) is 0.809. The Hall–Kier alpha value is -1.00. The number of aliphatic imine (C=N–C) groups is 1. The van der Waals surface area contributed by atoms with E-state index in [0.717, 1.165) is 18.5 Å². The molecule has 0 bridgehead atoms. The van der Waals surface area contributed by atoms with E-state index in [0.29, 0.717) is 10.2 Å². The molecule has 1 fully saturated rings. The highest BCUT2D eigenvalue weighted by Gasteiger charge is 2.29. The maximum absolute atomic E-state index is 11.9. The Morgan fingerprint density at radius 1 is 1.25 bits per heavy atom. The standard InChI is InChI=1S/C15H19ClN2OS/c1-2-3-4-5-6-13-14(19)18-15(20-13)17-12-9-7-11(16)8-10-12/h7-10,13H,2-6H2,1H3,(H,17,18,19). The lowest BCUT2D eigenvalue weighted by Crippen LogP contribution is -2.24. The fourth-order valence-corrected chi connectivity index (χ4v) is 3.20. The summed E-state index contributed by atoms with van der Waals surface area (Å²) < 4.78 is 0. The van der Waals surface area contributed by atoms with Crippen LogP contribution in [0.2, 0.25) is 5.02 Å². The average molecular weight is 311 g/mol. The van der Waals surface area contributed by atoms with E-state index in [-0.39, 0.29) is 11.2 Å². The van der Waals surface area contributed by atoms with Crippen molar-refractivity contribution in [2.75, 3.05) is 0 Å². The van der Waals surface area contributed by atoms with Crippen molar-refractivity contribution < 1.29 is 4.79 Å². The lowest BCUT2D eigenvalue weighted by Gasteiger charge is -2.03. The quantitative estimate of drug-likeness (QED) is 0.784. The van der Waals surface area contributed by atoms with Crippen molar-refractivity contribution in [1.82, 2.24) is 5.32 Å². The van der Waals surface area contributed by atoms with Gasteiger partial charge in [0.15, 0.2) is 5.17 Å². The van der Waals surface area contributed by atoms with Crippen LogP contribution in [0, 0.1) is 0 Å². The van der Waals surface area contributed by atoms with E-state index in [9.17, 15) is 4.79 Å². The van der Waals surface area contributed by atoms with Crippen LogP contribution in [0.5, 0.6) is 0 Å². The summed E-state index contributed by atoms with van der Waals surface area (Å²) in [5, 5.41) is 4.24. The minimum absolute atomic E-state index is 0.0120. The topological polar surface area (TPSA) is 41.5 Å². The zero-order chi connectivity index (χ0) is 14.4. The van der Waals surface area contributed by atoms with Crippen LogP contribution < -0.4 is 5.32 Å². The van der Waals surface area contributed by atoms with E-state index in [1.54, 1.807) is 12.1 Å². The van der Waals surface area contributed by atoms with Gasteiger partial charge in [-0.25, -0.2) is 4.99 Å². The first kappa shape index (κ1) is 15.4. The molecule has 1 atom stereocenters. The van der Waals surface area contributed by atoms with Gasteiger partial charge in [-0.1, -0.05) is 56.0 Å². The summed E-state index contributed by atoms with van der Waals surface area (Å²) in [4.78, 5) is 16.3. The number of hydrogen-bond donors (Lipinski definition) is 1. The van der Waals surface area contributed by atoms with E-state index < -0.39 is 0 Å². The third kappa shape index (κ3) is 4.53. The number of thioether (sulfide) groups is 1. The Labute approximate surface area is 129 Å². The summed E-state index contributed by atoms with van der Waals surface area (Å²) in [6, 6.07) is 7.28. The number of rotatable bonds is 6. The Bertz CT molecular complexity index is 487. The Balaban J connectivity index is 1.89. The van der Waals surface area contributed by atoms with E-state index >= 15 is 0 Å². The van der Waals surface area contributed by atoms with Crippen LogP contribution in [0.25, 0.3) is 0 Å². The largest absolute Gasteiger partial charge is 0.304 e. The van der Waals surface area contributed by atoms with Crippen LogP contribution in [0.4, 0.5) is 5.69 Å². The second kappa shape index (κ2) is 7.70. The SMILES string of the molecule is CCCCCCC1SC(=Nc2ccc(Cl)cc2)NC1=O. The van der Waals surface area contributed by atoms with E-state index in [1.807, 2.05) is 12.1 Å². The molecule has 1 N–H and O–H groups in total. The summed E-state index contributed by atoms with van der Waals surface area (Å²) in [7, 11) is 0. The smallest absolute Gasteiger partial charge is 0.239 e. The molecule has 1 aliphatic rings. The molecule has 0 aliphatic carbocycles. The summed E-state index contributed by atoms with van der Waals surface area (Å²) in [6.45, 7) is 2.19. The molecule has 1 unspecified atom stereocenters. The molecule has 5 heteroatoms. The number of carbonyl (C=O) groups excluding carboxylic acids is 1. The van der Waals surface area contributed by atoms with Crippen LogP contribution in [0.1, 0.15) is 39.0 Å². The van der Waals surface area contributed by atoms with Gasteiger partial charge in [-0.05, 0) is 30.7 Å². The van der Waals surface area contributed by atoms with Crippen LogP contribution in [-0.2, 0) is 4.79 Å². The Morgan fingerprint density at radius 3 is 2.70 bits per heavy atom. The summed E-state index contributed by atoms with van der Waals surface area (Å²) in [6.07, 6.45) is 5.69. The first-order valence-corrected chi connectivity index (χ1v) is 8.26. The third-order valence-electron chi connectivity index (χ3n) is 3.15.